The third-order valence-electron chi connectivity index (χ3n) is 1.79. The predicted octanol–water partition coefficient (Wildman–Crippen LogP) is 0.342. The maximum atomic E-state index is 11.3. The van der Waals surface area contributed by atoms with E-state index in [-0.39, 0.29) is 0 Å². The molecule has 0 bridgehead atoms. The highest BCUT2D eigenvalue weighted by molar-refractivity contribution is 6.18. The Hall–Kier alpha value is -1.29. The maximum Gasteiger partial charge on any atom is 0.316 e. The lowest BCUT2D eigenvalue weighted by atomic mass is 10.5. The van der Waals surface area contributed by atoms with Crippen molar-refractivity contribution in [3.8, 4) is 0 Å². The fourth-order valence-electron chi connectivity index (χ4n) is 0.984. The van der Waals surface area contributed by atoms with Gasteiger partial charge >= 0.3 is 11.1 Å². The largest absolute Gasteiger partial charge is 0.316 e. The molecule has 0 saturated heterocycles. The molecule has 0 unspecified atom stereocenters. The Morgan fingerprint density at radius 2 is 2.00 bits per heavy atom. The molecule has 0 aromatic carbocycles. The fourth-order valence-corrected chi connectivity index (χ4v) is 1.11. The average Bonchev–Trinajstić information content (AvgIpc) is 2.18. The Bertz CT molecular complexity index is 445. The van der Waals surface area contributed by atoms with Crippen molar-refractivity contribution in [3.63, 3.8) is 0 Å². The zero-order valence-electron chi connectivity index (χ0n) is 7.81. The smallest absolute Gasteiger partial charge is 0.312 e. The SMILES string of the molecule is Cn1ccn(CC=CCCl)c(=O)c1=O. The number of aromatic nitrogens is 2. The first-order valence-electron chi connectivity index (χ1n) is 4.14. The molecule has 4 nitrogen and oxygen atoms in total. The molecule has 0 N–H and O–H groups in total. The minimum atomic E-state index is -0.522. The molecule has 5 heteroatoms. The molecule has 1 rings (SSSR count). The van der Waals surface area contributed by atoms with Gasteiger partial charge in [0.2, 0.25) is 0 Å². The second-order valence-electron chi connectivity index (χ2n) is 2.80. The molecule has 1 aromatic heterocycles. The summed E-state index contributed by atoms with van der Waals surface area (Å²) in [6.45, 7) is 0.377. The van der Waals surface area contributed by atoms with Gasteiger partial charge in [0.25, 0.3) is 0 Å². The minimum absolute atomic E-state index is 0.377. The van der Waals surface area contributed by atoms with Gasteiger partial charge in [-0.15, -0.1) is 11.6 Å². The zero-order valence-corrected chi connectivity index (χ0v) is 8.57. The van der Waals surface area contributed by atoms with Crippen LogP contribution in [0.4, 0.5) is 0 Å². The first kappa shape index (κ1) is 10.8. The number of hydrogen-bond acceptors (Lipinski definition) is 2. The minimum Gasteiger partial charge on any atom is -0.312 e. The van der Waals surface area contributed by atoms with E-state index >= 15 is 0 Å². The second kappa shape index (κ2) is 4.81. The van der Waals surface area contributed by atoms with Crippen LogP contribution in [-0.4, -0.2) is 15.0 Å². The second-order valence-corrected chi connectivity index (χ2v) is 3.11. The summed E-state index contributed by atoms with van der Waals surface area (Å²) >= 11 is 5.42. The number of rotatable bonds is 3. The normalized spacial score (nSPS) is 11.0. The molecule has 0 spiro atoms. The van der Waals surface area contributed by atoms with E-state index in [0.717, 1.165) is 0 Å². The van der Waals surface area contributed by atoms with E-state index in [2.05, 4.69) is 0 Å². The summed E-state index contributed by atoms with van der Waals surface area (Å²) in [5, 5.41) is 0. The van der Waals surface area contributed by atoms with Crippen LogP contribution in [0, 0.1) is 0 Å². The molecule has 0 radical (unpaired) electrons. The van der Waals surface area contributed by atoms with Crippen molar-refractivity contribution in [2.24, 2.45) is 7.05 Å². The van der Waals surface area contributed by atoms with Gasteiger partial charge in [0, 0.05) is 31.9 Å². The molecular weight excluding hydrogens is 204 g/mol. The molecule has 1 heterocycles. The van der Waals surface area contributed by atoms with Crippen LogP contribution in [0.2, 0.25) is 0 Å². The predicted molar refractivity (Wildman–Crippen MR) is 55.8 cm³/mol. The van der Waals surface area contributed by atoms with Crippen LogP contribution in [0.3, 0.4) is 0 Å². The van der Waals surface area contributed by atoms with Gasteiger partial charge in [-0.05, 0) is 0 Å². The van der Waals surface area contributed by atoms with Crippen LogP contribution in [0.25, 0.3) is 0 Å². The zero-order chi connectivity index (χ0) is 10.6. The molecule has 0 saturated carbocycles. The lowest BCUT2D eigenvalue weighted by Crippen LogP contribution is -2.39. The van der Waals surface area contributed by atoms with E-state index in [0.29, 0.717) is 12.4 Å². The molecule has 0 aliphatic rings. The first-order chi connectivity index (χ1) is 6.66. The molecule has 76 valence electrons. The van der Waals surface area contributed by atoms with E-state index < -0.39 is 11.1 Å². The standard InChI is InChI=1S/C9H11ClN2O2/c1-11-6-7-12(5-3-2-4-10)9(14)8(11)13/h2-3,6-7H,4-5H2,1H3. The lowest BCUT2D eigenvalue weighted by Gasteiger charge is -2.01. The Morgan fingerprint density at radius 1 is 1.29 bits per heavy atom. The monoisotopic (exact) mass is 214 g/mol. The fraction of sp³-hybridized carbons (Fsp3) is 0.333. The van der Waals surface area contributed by atoms with Gasteiger partial charge in [-0.25, -0.2) is 0 Å². The Balaban J connectivity index is 3.01. The van der Waals surface area contributed by atoms with E-state index in [1.807, 2.05) is 0 Å². The highest BCUT2D eigenvalue weighted by atomic mass is 35.5. The topological polar surface area (TPSA) is 44.0 Å². The third-order valence-corrected chi connectivity index (χ3v) is 1.97. The van der Waals surface area contributed by atoms with E-state index in [9.17, 15) is 9.59 Å². The summed E-state index contributed by atoms with van der Waals surface area (Å²) in [6.07, 6.45) is 6.60. The number of alkyl halides is 1. The Morgan fingerprint density at radius 3 is 2.64 bits per heavy atom. The molecule has 1 aromatic rings. The van der Waals surface area contributed by atoms with Crippen LogP contribution in [0.15, 0.2) is 34.1 Å². The first-order valence-corrected chi connectivity index (χ1v) is 4.67. The highest BCUT2D eigenvalue weighted by Crippen LogP contribution is 1.83. The quantitative estimate of drug-likeness (QED) is 0.414. The van der Waals surface area contributed by atoms with Crippen molar-refractivity contribution in [2.45, 2.75) is 6.54 Å². The van der Waals surface area contributed by atoms with E-state index in [1.165, 1.54) is 9.13 Å². The van der Waals surface area contributed by atoms with Crippen molar-refractivity contribution < 1.29 is 0 Å². The average molecular weight is 215 g/mol. The third kappa shape index (κ3) is 2.35. The van der Waals surface area contributed by atoms with E-state index in [4.69, 9.17) is 11.6 Å². The van der Waals surface area contributed by atoms with Gasteiger partial charge in [0.15, 0.2) is 0 Å². The molecular formula is C9H11ClN2O2. The van der Waals surface area contributed by atoms with Gasteiger partial charge in [0.1, 0.15) is 0 Å². The van der Waals surface area contributed by atoms with Gasteiger partial charge in [-0.1, -0.05) is 12.2 Å². The van der Waals surface area contributed by atoms with Gasteiger partial charge in [-0.2, -0.15) is 0 Å². The van der Waals surface area contributed by atoms with Crippen LogP contribution >= 0.6 is 11.6 Å². The van der Waals surface area contributed by atoms with Gasteiger partial charge < -0.3 is 9.13 Å². The summed E-state index contributed by atoms with van der Waals surface area (Å²) in [7, 11) is 1.54. The Kier molecular flexibility index (Phi) is 3.71. The molecule has 0 fully saturated rings. The lowest BCUT2D eigenvalue weighted by molar-refractivity contribution is 0.705. The summed E-state index contributed by atoms with van der Waals surface area (Å²) in [5.41, 5.74) is -1.04. The van der Waals surface area contributed by atoms with Crippen LogP contribution in [-0.2, 0) is 13.6 Å². The maximum absolute atomic E-state index is 11.3. The van der Waals surface area contributed by atoms with Crippen molar-refractivity contribution in [2.75, 3.05) is 5.88 Å². The highest BCUT2D eigenvalue weighted by Gasteiger charge is 1.99. The summed E-state index contributed by atoms with van der Waals surface area (Å²) in [6, 6.07) is 0. The van der Waals surface area contributed by atoms with Crippen molar-refractivity contribution in [1.29, 1.82) is 0 Å². The number of hydrogen-bond donors (Lipinski definition) is 0. The van der Waals surface area contributed by atoms with Crippen molar-refractivity contribution in [1.82, 2.24) is 9.13 Å². The molecule has 0 aliphatic carbocycles. The molecule has 0 atom stereocenters. The van der Waals surface area contributed by atoms with Crippen LogP contribution < -0.4 is 11.1 Å². The summed E-state index contributed by atoms with van der Waals surface area (Å²) in [5.74, 6) is 0.402. The van der Waals surface area contributed by atoms with Crippen LogP contribution in [0.1, 0.15) is 0 Å². The summed E-state index contributed by atoms with van der Waals surface area (Å²) < 4.78 is 2.59. The molecule has 0 amide bonds. The molecule has 14 heavy (non-hydrogen) atoms. The van der Waals surface area contributed by atoms with Crippen molar-refractivity contribution >= 4 is 11.6 Å². The van der Waals surface area contributed by atoms with Crippen LogP contribution in [0.5, 0.6) is 0 Å². The molecule has 0 aliphatic heterocycles. The number of allylic oxidation sites excluding steroid dienone is 2. The van der Waals surface area contributed by atoms with Gasteiger partial charge in [0.05, 0.1) is 0 Å². The van der Waals surface area contributed by atoms with Crippen molar-refractivity contribution in [3.05, 3.63) is 45.3 Å². The Labute approximate surface area is 86.1 Å². The number of halogens is 1. The van der Waals surface area contributed by atoms with Gasteiger partial charge in [-0.3, -0.25) is 9.59 Å². The number of nitrogens with zero attached hydrogens (tertiary/aromatic N) is 2. The summed E-state index contributed by atoms with van der Waals surface area (Å²) in [4.78, 5) is 22.5. The number of aryl methyl sites for hydroxylation is 1. The van der Waals surface area contributed by atoms with E-state index in [1.54, 1.807) is 31.6 Å².